The number of nitrogens with zero attached hydrogens (tertiary/aromatic N) is 1. The highest BCUT2D eigenvalue weighted by atomic mass is 127. The molecule has 0 N–H and O–H groups in total. The molecule has 0 unspecified atom stereocenters. The van der Waals surface area contributed by atoms with Crippen LogP contribution in [-0.4, -0.2) is 21.0 Å². The van der Waals surface area contributed by atoms with Crippen molar-refractivity contribution in [2.45, 2.75) is 0 Å². The molecule has 1 heterocycles. The van der Waals surface area contributed by atoms with E-state index in [0.717, 1.165) is 25.8 Å². The van der Waals surface area contributed by atoms with E-state index in [1.165, 1.54) is 0 Å². The Morgan fingerprint density at radius 1 is 1.09 bits per heavy atom. The molecule has 0 saturated carbocycles. The van der Waals surface area contributed by atoms with E-state index < -0.39 is 0 Å². The Hall–Kier alpha value is -1.51. The molecule has 0 radical (unpaired) electrons. The molecule has 23 heavy (non-hydrogen) atoms. The van der Waals surface area contributed by atoms with E-state index in [9.17, 15) is 9.59 Å². The van der Waals surface area contributed by atoms with Gasteiger partial charge in [0.05, 0.1) is 4.91 Å². The smallest absolute Gasteiger partial charge is 0.268 e. The average molecular weight is 451 g/mol. The van der Waals surface area contributed by atoms with Crippen molar-refractivity contribution < 1.29 is 9.59 Å². The first kappa shape index (κ1) is 16.4. The summed E-state index contributed by atoms with van der Waals surface area (Å²) < 4.78 is 1.29. The van der Waals surface area contributed by atoms with Crippen LogP contribution in [0.15, 0.2) is 59.5 Å². The van der Waals surface area contributed by atoms with Gasteiger partial charge in [0, 0.05) is 9.13 Å². The maximum absolute atomic E-state index is 12.6. The van der Waals surface area contributed by atoms with Crippen LogP contribution in [0.2, 0.25) is 0 Å². The van der Waals surface area contributed by atoms with Gasteiger partial charge in [-0.05, 0) is 58.5 Å². The molecule has 0 aromatic heterocycles. The first-order chi connectivity index (χ1) is 11.1. The van der Waals surface area contributed by atoms with E-state index in [1.807, 2.05) is 42.5 Å². The quantitative estimate of drug-likeness (QED) is 0.295. The van der Waals surface area contributed by atoms with Crippen LogP contribution in [0.3, 0.4) is 0 Å². The van der Waals surface area contributed by atoms with E-state index in [-0.39, 0.29) is 16.1 Å². The molecule has 2 aromatic carbocycles. The number of hydrogen-bond acceptors (Lipinski definition) is 4. The molecular weight excluding hydrogens is 441 g/mol. The van der Waals surface area contributed by atoms with Crippen LogP contribution in [0.1, 0.15) is 15.9 Å². The van der Waals surface area contributed by atoms with E-state index in [2.05, 4.69) is 22.6 Å². The summed E-state index contributed by atoms with van der Waals surface area (Å²) in [5.41, 5.74) is 1.34. The molecule has 3 nitrogen and oxygen atoms in total. The van der Waals surface area contributed by atoms with Crippen LogP contribution in [0.4, 0.5) is 0 Å². The predicted molar refractivity (Wildman–Crippen MR) is 105 cm³/mol. The molecule has 1 aliphatic rings. The fraction of sp³-hybridized carbons (Fsp3) is 0. The number of carbonyl (C=O) groups is 2. The van der Waals surface area contributed by atoms with Crippen LogP contribution in [0.5, 0.6) is 0 Å². The van der Waals surface area contributed by atoms with Gasteiger partial charge in [0.1, 0.15) is 0 Å². The number of halogens is 1. The van der Waals surface area contributed by atoms with Gasteiger partial charge in [0.15, 0.2) is 4.32 Å². The summed E-state index contributed by atoms with van der Waals surface area (Å²) in [6.07, 6.45) is 1.75. The van der Waals surface area contributed by atoms with Crippen LogP contribution in [-0.2, 0) is 4.79 Å². The molecule has 6 heteroatoms. The lowest BCUT2D eigenvalue weighted by molar-refractivity contribution is -0.120. The number of rotatable bonds is 2. The summed E-state index contributed by atoms with van der Waals surface area (Å²) in [6, 6.07) is 16.5. The molecular formula is C17H10INO2S2. The Bertz CT molecular complexity index is 816. The minimum atomic E-state index is -0.389. The third-order valence-electron chi connectivity index (χ3n) is 3.19. The number of hydrogen-bond donors (Lipinski definition) is 0. The van der Waals surface area contributed by atoms with Crippen molar-refractivity contribution >= 4 is 68.8 Å². The lowest BCUT2D eigenvalue weighted by Gasteiger charge is -2.12. The first-order valence-corrected chi connectivity index (χ1v) is 8.99. The van der Waals surface area contributed by atoms with Gasteiger partial charge in [0.25, 0.3) is 11.8 Å². The monoisotopic (exact) mass is 451 g/mol. The van der Waals surface area contributed by atoms with Crippen LogP contribution < -0.4 is 0 Å². The van der Waals surface area contributed by atoms with Crippen LogP contribution >= 0.6 is 46.6 Å². The molecule has 3 rings (SSSR count). The normalized spacial score (nSPS) is 16.2. The van der Waals surface area contributed by atoms with Crippen LogP contribution in [0.25, 0.3) is 6.08 Å². The van der Waals surface area contributed by atoms with Gasteiger partial charge in [0.2, 0.25) is 0 Å². The molecule has 0 aliphatic carbocycles. The second-order valence-electron chi connectivity index (χ2n) is 4.74. The van der Waals surface area contributed by atoms with Gasteiger partial charge < -0.3 is 0 Å². The van der Waals surface area contributed by atoms with E-state index in [0.29, 0.717) is 10.5 Å². The standard InChI is InChI=1S/C17H10INO2S2/c18-13-8-6-12(7-9-13)15(20)19-16(21)14(23-17(19)22)10-11-4-2-1-3-5-11/h1-10H. The maximum Gasteiger partial charge on any atom is 0.273 e. The number of imide groups is 1. The zero-order valence-corrected chi connectivity index (χ0v) is 15.5. The Morgan fingerprint density at radius 2 is 1.74 bits per heavy atom. The predicted octanol–water partition coefficient (Wildman–Crippen LogP) is 4.33. The Labute approximate surface area is 156 Å². The second-order valence-corrected chi connectivity index (χ2v) is 7.66. The van der Waals surface area contributed by atoms with Crippen molar-refractivity contribution in [3.63, 3.8) is 0 Å². The summed E-state index contributed by atoms with van der Waals surface area (Å²) in [7, 11) is 0. The molecule has 114 valence electrons. The highest BCUT2D eigenvalue weighted by molar-refractivity contribution is 14.1. The molecule has 0 atom stereocenters. The van der Waals surface area contributed by atoms with Gasteiger partial charge in [-0.25, -0.2) is 4.90 Å². The van der Waals surface area contributed by atoms with Crippen molar-refractivity contribution in [2.75, 3.05) is 0 Å². The summed E-state index contributed by atoms with van der Waals surface area (Å²) >= 11 is 8.53. The number of amides is 2. The van der Waals surface area contributed by atoms with Gasteiger partial charge in [-0.2, -0.15) is 0 Å². The van der Waals surface area contributed by atoms with Crippen molar-refractivity contribution in [3.8, 4) is 0 Å². The summed E-state index contributed by atoms with van der Waals surface area (Å²) in [5, 5.41) is 0. The van der Waals surface area contributed by atoms with Crippen molar-refractivity contribution in [3.05, 3.63) is 74.2 Å². The molecule has 1 fully saturated rings. The van der Waals surface area contributed by atoms with E-state index in [1.54, 1.807) is 18.2 Å². The first-order valence-electron chi connectivity index (χ1n) is 6.69. The minimum Gasteiger partial charge on any atom is -0.268 e. The molecule has 0 spiro atoms. The van der Waals surface area contributed by atoms with Crippen molar-refractivity contribution in [1.82, 2.24) is 4.90 Å². The summed E-state index contributed by atoms with van der Waals surface area (Å²) in [5.74, 6) is -0.757. The van der Waals surface area contributed by atoms with E-state index >= 15 is 0 Å². The van der Waals surface area contributed by atoms with Gasteiger partial charge in [-0.3, -0.25) is 9.59 Å². The number of thioether (sulfide) groups is 1. The molecule has 0 bridgehead atoms. The lowest BCUT2D eigenvalue weighted by atomic mass is 10.2. The van der Waals surface area contributed by atoms with Crippen molar-refractivity contribution in [1.29, 1.82) is 0 Å². The number of carbonyl (C=O) groups excluding carboxylic acids is 2. The minimum absolute atomic E-state index is 0.265. The molecule has 2 aromatic rings. The molecule has 2 amide bonds. The fourth-order valence-electron chi connectivity index (χ4n) is 2.07. The zero-order valence-electron chi connectivity index (χ0n) is 11.7. The summed E-state index contributed by atoms with van der Waals surface area (Å²) in [6.45, 7) is 0. The highest BCUT2D eigenvalue weighted by Crippen LogP contribution is 2.33. The van der Waals surface area contributed by atoms with Gasteiger partial charge in [-0.1, -0.05) is 54.3 Å². The largest absolute Gasteiger partial charge is 0.273 e. The Morgan fingerprint density at radius 3 is 2.39 bits per heavy atom. The fourth-order valence-corrected chi connectivity index (χ4v) is 3.68. The third-order valence-corrected chi connectivity index (χ3v) is 5.21. The Kier molecular flexibility index (Phi) is 4.93. The topological polar surface area (TPSA) is 37.4 Å². The van der Waals surface area contributed by atoms with Gasteiger partial charge >= 0.3 is 0 Å². The number of benzene rings is 2. The molecule has 1 aliphatic heterocycles. The summed E-state index contributed by atoms with van der Waals surface area (Å²) in [4.78, 5) is 26.6. The highest BCUT2D eigenvalue weighted by Gasteiger charge is 2.37. The molecule has 1 saturated heterocycles. The van der Waals surface area contributed by atoms with Gasteiger partial charge in [-0.15, -0.1) is 0 Å². The zero-order chi connectivity index (χ0) is 16.4. The Balaban J connectivity index is 1.88. The SMILES string of the molecule is O=C1C(=Cc2ccccc2)SC(=S)N1C(=O)c1ccc(I)cc1. The van der Waals surface area contributed by atoms with E-state index in [4.69, 9.17) is 12.2 Å². The number of thiocarbonyl (C=S) groups is 1. The third kappa shape index (κ3) is 3.54. The van der Waals surface area contributed by atoms with Crippen molar-refractivity contribution in [2.24, 2.45) is 0 Å². The lowest BCUT2D eigenvalue weighted by Crippen LogP contribution is -2.34. The second kappa shape index (κ2) is 6.94. The van der Waals surface area contributed by atoms with Crippen LogP contribution in [0, 0.1) is 3.57 Å². The average Bonchev–Trinajstić information content (AvgIpc) is 2.82. The maximum atomic E-state index is 12.6.